The van der Waals surface area contributed by atoms with Crippen LogP contribution in [0.15, 0.2) is 12.7 Å². The van der Waals surface area contributed by atoms with E-state index < -0.39 is 63.4 Å². The van der Waals surface area contributed by atoms with Crippen LogP contribution in [0.5, 0.6) is 0 Å². The SMILES string of the molecule is C=CCNC(=O)C(=O)C(CCCC)NC(=O)[C@@H]1[C@@H]2[C@H](CN1C(=O)[C@@H](NC(=O)N[C@H](CN1CCN(C(C)C)S1(=O)=O)C(C)(C)C)C1CCCCC1)C2(C)C. The Balaban J connectivity index is 1.56. The number of urea groups is 1. The summed E-state index contributed by atoms with van der Waals surface area (Å²) in [5, 5.41) is 11.4. The van der Waals surface area contributed by atoms with Gasteiger partial charge in [0.15, 0.2) is 0 Å². The lowest BCUT2D eigenvalue weighted by atomic mass is 9.83. The number of likely N-dealkylation sites (tertiary alicyclic amines) is 1. The number of Topliss-reactive ketones (excluding diaryl/α,β-unsaturated/α-hetero) is 1. The molecular formula is C38H65N7O7S. The number of fused-ring (bicyclic) bond motifs is 1. The molecule has 53 heavy (non-hydrogen) atoms. The maximum Gasteiger partial charge on any atom is 0.315 e. The second-order valence-corrected chi connectivity index (χ2v) is 19.3. The number of piperidine rings is 1. The van der Waals surface area contributed by atoms with Gasteiger partial charge in [0.25, 0.3) is 16.1 Å². The number of unbranched alkanes of at least 4 members (excludes halogenated alkanes) is 1. The number of hydrogen-bond acceptors (Lipinski definition) is 7. The van der Waals surface area contributed by atoms with Crippen LogP contribution in [0.2, 0.25) is 0 Å². The molecule has 4 fully saturated rings. The topological polar surface area (TPSA) is 177 Å². The van der Waals surface area contributed by atoms with Crippen LogP contribution in [-0.4, -0.2) is 114 Å². The highest BCUT2D eigenvalue weighted by atomic mass is 32.2. The quantitative estimate of drug-likeness (QED) is 0.138. The van der Waals surface area contributed by atoms with Crippen molar-refractivity contribution in [2.75, 3.05) is 32.7 Å². The van der Waals surface area contributed by atoms with Gasteiger partial charge in [-0.1, -0.05) is 79.7 Å². The summed E-state index contributed by atoms with van der Waals surface area (Å²) in [6, 6.07) is -4.11. The van der Waals surface area contributed by atoms with E-state index in [0.717, 1.165) is 38.5 Å². The number of nitrogens with zero attached hydrogens (tertiary/aromatic N) is 3. The van der Waals surface area contributed by atoms with E-state index in [0.29, 0.717) is 26.1 Å². The molecule has 0 spiro atoms. The number of carbonyl (C=O) groups is 5. The van der Waals surface area contributed by atoms with Crippen molar-refractivity contribution < 1.29 is 32.4 Å². The van der Waals surface area contributed by atoms with Gasteiger partial charge in [0, 0.05) is 44.8 Å². The zero-order chi connectivity index (χ0) is 39.5. The number of rotatable bonds is 16. The first-order valence-electron chi connectivity index (χ1n) is 19.6. The van der Waals surface area contributed by atoms with Crippen molar-refractivity contribution in [3.05, 3.63) is 12.7 Å². The number of nitrogens with one attached hydrogen (secondary N) is 4. The van der Waals surface area contributed by atoms with Crippen LogP contribution < -0.4 is 21.3 Å². The Hall–Kier alpha value is -3.04. The number of amides is 5. The summed E-state index contributed by atoms with van der Waals surface area (Å²) in [5.41, 5.74) is -0.711. The molecule has 4 aliphatic rings. The summed E-state index contributed by atoms with van der Waals surface area (Å²) < 4.78 is 29.5. The zero-order valence-electron chi connectivity index (χ0n) is 33.2. The molecule has 0 aromatic heterocycles. The van der Waals surface area contributed by atoms with Crippen LogP contribution in [0.3, 0.4) is 0 Å². The lowest BCUT2D eigenvalue weighted by molar-refractivity contribution is -0.144. The highest BCUT2D eigenvalue weighted by Gasteiger charge is 2.69. The van der Waals surface area contributed by atoms with E-state index in [1.54, 1.807) is 4.90 Å². The highest BCUT2D eigenvalue weighted by Crippen LogP contribution is 2.65. The third kappa shape index (κ3) is 9.62. The standard InChI is InChI=1S/C38H65N7O7S/c1-10-12-18-27(32(46)34(48)39-19-11-2)40-33(47)31-29-26(38(29,8)9)22-44(31)35(49)30(25-16-14-13-15-17-25)42-36(50)41-28(37(5,6)7)23-43-20-21-45(24(3)4)53(43,51)52/h11,24-31H,2,10,12-23H2,1,3-9H3,(H,39,48)(H,40,47)(H2,41,42,50)/t26-,27?,28+,29-,30-,31-/m0/s1. The molecule has 1 unspecified atom stereocenters. The van der Waals surface area contributed by atoms with E-state index in [2.05, 4.69) is 41.7 Å². The average Bonchev–Trinajstić information content (AvgIpc) is 3.35. The summed E-state index contributed by atoms with van der Waals surface area (Å²) >= 11 is 0. The van der Waals surface area contributed by atoms with Crippen molar-refractivity contribution in [1.82, 2.24) is 34.8 Å². The summed E-state index contributed by atoms with van der Waals surface area (Å²) in [5.74, 6) is -2.54. The van der Waals surface area contributed by atoms with E-state index in [-0.39, 0.29) is 54.6 Å². The van der Waals surface area contributed by atoms with Gasteiger partial charge in [0.1, 0.15) is 12.1 Å². The Bertz CT molecular complexity index is 1490. The largest absolute Gasteiger partial charge is 0.346 e. The van der Waals surface area contributed by atoms with Crippen molar-refractivity contribution in [3.8, 4) is 0 Å². The normalized spacial score (nSPS) is 25.9. The van der Waals surface area contributed by atoms with Crippen LogP contribution in [0.1, 0.15) is 107 Å². The van der Waals surface area contributed by atoms with Gasteiger partial charge in [0.05, 0.1) is 6.04 Å². The van der Waals surface area contributed by atoms with Gasteiger partial charge in [-0.05, 0) is 61.7 Å². The maximum absolute atomic E-state index is 14.7. The molecule has 4 N–H and O–H groups in total. The fourth-order valence-corrected chi connectivity index (χ4v) is 10.4. The Kier molecular flexibility index (Phi) is 13.8. The predicted molar refractivity (Wildman–Crippen MR) is 204 cm³/mol. The van der Waals surface area contributed by atoms with Crippen LogP contribution in [0.25, 0.3) is 0 Å². The summed E-state index contributed by atoms with van der Waals surface area (Å²) in [4.78, 5) is 70.2. The van der Waals surface area contributed by atoms with Crippen molar-refractivity contribution in [2.45, 2.75) is 137 Å². The molecule has 2 aliphatic heterocycles. The minimum absolute atomic E-state index is 0.0711. The molecule has 0 aromatic carbocycles. The predicted octanol–water partition coefficient (Wildman–Crippen LogP) is 2.95. The monoisotopic (exact) mass is 763 g/mol. The fourth-order valence-electron chi connectivity index (χ4n) is 8.57. The summed E-state index contributed by atoms with van der Waals surface area (Å²) in [7, 11) is -3.69. The minimum atomic E-state index is -3.69. The molecule has 0 radical (unpaired) electrons. The molecule has 300 valence electrons. The van der Waals surface area contributed by atoms with Crippen molar-refractivity contribution >= 4 is 39.7 Å². The first-order chi connectivity index (χ1) is 24.8. The van der Waals surface area contributed by atoms with Gasteiger partial charge in [-0.3, -0.25) is 19.2 Å². The van der Waals surface area contributed by atoms with Crippen LogP contribution in [0, 0.1) is 28.6 Å². The Morgan fingerprint density at radius 3 is 2.21 bits per heavy atom. The van der Waals surface area contributed by atoms with E-state index >= 15 is 0 Å². The molecule has 14 nitrogen and oxygen atoms in total. The van der Waals surface area contributed by atoms with Crippen LogP contribution in [0.4, 0.5) is 4.79 Å². The molecule has 0 bridgehead atoms. The number of ketones is 1. The van der Waals surface area contributed by atoms with Crippen LogP contribution in [-0.2, 0) is 29.4 Å². The third-order valence-electron chi connectivity index (χ3n) is 12.0. The van der Waals surface area contributed by atoms with E-state index in [1.165, 1.54) is 14.7 Å². The zero-order valence-corrected chi connectivity index (χ0v) is 34.0. The lowest BCUT2D eigenvalue weighted by Gasteiger charge is -2.38. The number of carbonyl (C=O) groups excluding carboxylic acids is 5. The smallest absolute Gasteiger partial charge is 0.315 e. The number of hydrogen-bond donors (Lipinski definition) is 4. The molecule has 2 heterocycles. The Labute approximate surface area is 317 Å². The van der Waals surface area contributed by atoms with Gasteiger partial charge in [-0.15, -0.1) is 6.58 Å². The van der Waals surface area contributed by atoms with E-state index in [1.807, 2.05) is 41.5 Å². The van der Waals surface area contributed by atoms with Crippen LogP contribution >= 0.6 is 0 Å². The summed E-state index contributed by atoms with van der Waals surface area (Å²) in [6.45, 7) is 20.4. The Morgan fingerprint density at radius 2 is 1.64 bits per heavy atom. The first-order valence-corrected chi connectivity index (χ1v) is 21.0. The van der Waals surface area contributed by atoms with E-state index in [9.17, 15) is 32.4 Å². The van der Waals surface area contributed by atoms with Crippen molar-refractivity contribution in [2.24, 2.45) is 28.6 Å². The molecule has 2 saturated carbocycles. The van der Waals surface area contributed by atoms with Crippen molar-refractivity contribution in [3.63, 3.8) is 0 Å². The molecule has 2 aliphatic carbocycles. The summed E-state index contributed by atoms with van der Waals surface area (Å²) in [6.07, 6.45) is 7.49. The molecule has 6 atom stereocenters. The second kappa shape index (κ2) is 17.2. The minimum Gasteiger partial charge on any atom is -0.346 e. The van der Waals surface area contributed by atoms with E-state index in [4.69, 9.17) is 0 Å². The average molecular weight is 764 g/mol. The molecule has 4 rings (SSSR count). The molecule has 0 aromatic rings. The maximum atomic E-state index is 14.7. The first kappa shape index (κ1) is 42.7. The molecular weight excluding hydrogens is 699 g/mol. The molecule has 2 saturated heterocycles. The van der Waals surface area contributed by atoms with Gasteiger partial charge in [-0.2, -0.15) is 17.0 Å². The van der Waals surface area contributed by atoms with Gasteiger partial charge in [0.2, 0.25) is 17.6 Å². The lowest BCUT2D eigenvalue weighted by Crippen LogP contribution is -2.62. The third-order valence-corrected chi connectivity index (χ3v) is 14.2. The molecule has 15 heteroatoms. The van der Waals surface area contributed by atoms with Gasteiger partial charge < -0.3 is 26.2 Å². The second-order valence-electron chi connectivity index (χ2n) is 17.4. The fraction of sp³-hybridized carbons (Fsp3) is 0.816. The molecule has 5 amide bonds. The van der Waals surface area contributed by atoms with Gasteiger partial charge in [-0.25, -0.2) is 4.79 Å². The Morgan fingerprint density at radius 1 is 0.981 bits per heavy atom. The highest BCUT2D eigenvalue weighted by molar-refractivity contribution is 7.87. The van der Waals surface area contributed by atoms with Gasteiger partial charge >= 0.3 is 6.03 Å². The van der Waals surface area contributed by atoms with Crippen molar-refractivity contribution in [1.29, 1.82) is 0 Å².